The van der Waals surface area contributed by atoms with Crippen molar-refractivity contribution in [2.24, 2.45) is 0 Å². The van der Waals surface area contributed by atoms with Crippen molar-refractivity contribution in [3.8, 4) is 5.75 Å². The predicted molar refractivity (Wildman–Crippen MR) is 61.3 cm³/mol. The lowest BCUT2D eigenvalue weighted by Crippen LogP contribution is -1.99. The van der Waals surface area contributed by atoms with Crippen molar-refractivity contribution in [1.29, 1.82) is 0 Å². The number of rotatable bonds is 4. The summed E-state index contributed by atoms with van der Waals surface area (Å²) in [5.74, 6) is 1.09. The fraction of sp³-hybridized carbons (Fsp3) is 0.500. The van der Waals surface area contributed by atoms with E-state index in [1.54, 1.807) is 11.8 Å². The van der Waals surface area contributed by atoms with E-state index in [1.807, 2.05) is 0 Å². The van der Waals surface area contributed by atoms with Crippen molar-refractivity contribution in [1.82, 2.24) is 0 Å². The van der Waals surface area contributed by atoms with Gasteiger partial charge in [0.05, 0.1) is 6.10 Å². The quantitative estimate of drug-likeness (QED) is 0.700. The van der Waals surface area contributed by atoms with Gasteiger partial charge in [0.1, 0.15) is 5.75 Å². The second kappa shape index (κ2) is 4.26. The summed E-state index contributed by atoms with van der Waals surface area (Å²) in [5.41, 5.74) is 1.34. The third kappa shape index (κ3) is 2.24. The summed E-state index contributed by atoms with van der Waals surface area (Å²) in [4.78, 5) is 1.32. The van der Waals surface area contributed by atoms with Gasteiger partial charge < -0.3 is 4.74 Å². The minimum absolute atomic E-state index is 0.500. The molecule has 0 aliphatic heterocycles. The van der Waals surface area contributed by atoms with Gasteiger partial charge in [-0.1, -0.05) is 6.92 Å². The van der Waals surface area contributed by atoms with Gasteiger partial charge in [0.15, 0.2) is 0 Å². The molecule has 1 aliphatic carbocycles. The minimum atomic E-state index is 0.500. The largest absolute Gasteiger partial charge is 0.490 e. The summed E-state index contributed by atoms with van der Waals surface area (Å²) >= 11 is 1.79. The summed E-state index contributed by atoms with van der Waals surface area (Å²) in [6.45, 7) is 2.18. The monoisotopic (exact) mass is 208 g/mol. The Hall–Kier alpha value is -0.630. The first-order valence-electron chi connectivity index (χ1n) is 5.17. The number of ether oxygens (including phenoxy) is 1. The zero-order valence-electron chi connectivity index (χ0n) is 8.75. The number of benzene rings is 1. The van der Waals surface area contributed by atoms with Gasteiger partial charge in [-0.2, -0.15) is 0 Å². The summed E-state index contributed by atoms with van der Waals surface area (Å²) < 4.78 is 5.84. The summed E-state index contributed by atoms with van der Waals surface area (Å²) in [6.07, 6.45) is 6.12. The van der Waals surface area contributed by atoms with E-state index < -0.39 is 0 Å². The van der Waals surface area contributed by atoms with E-state index in [1.165, 1.54) is 23.3 Å². The van der Waals surface area contributed by atoms with Gasteiger partial charge in [-0.05, 0) is 49.3 Å². The van der Waals surface area contributed by atoms with E-state index in [4.69, 9.17) is 4.74 Å². The summed E-state index contributed by atoms with van der Waals surface area (Å²) in [6, 6.07) is 6.49. The smallest absolute Gasteiger partial charge is 0.122 e. The van der Waals surface area contributed by atoms with Crippen molar-refractivity contribution >= 4 is 11.8 Å². The van der Waals surface area contributed by atoms with Crippen LogP contribution in [0.25, 0.3) is 0 Å². The molecule has 0 bridgehead atoms. The third-order valence-electron chi connectivity index (χ3n) is 2.47. The van der Waals surface area contributed by atoms with Crippen molar-refractivity contribution in [2.75, 3.05) is 6.26 Å². The molecule has 0 heterocycles. The van der Waals surface area contributed by atoms with E-state index in [9.17, 15) is 0 Å². The Morgan fingerprint density at radius 3 is 2.79 bits per heavy atom. The average molecular weight is 208 g/mol. The van der Waals surface area contributed by atoms with E-state index >= 15 is 0 Å². The normalized spacial score (nSPS) is 15.6. The molecule has 1 aliphatic rings. The van der Waals surface area contributed by atoms with Crippen LogP contribution in [0.15, 0.2) is 23.1 Å². The molecule has 1 nitrogen and oxygen atoms in total. The molecule has 14 heavy (non-hydrogen) atoms. The molecule has 2 heteroatoms. The third-order valence-corrected chi connectivity index (χ3v) is 3.19. The molecule has 1 fully saturated rings. The highest BCUT2D eigenvalue weighted by atomic mass is 32.2. The second-order valence-electron chi connectivity index (χ2n) is 3.64. The Bertz CT molecular complexity index is 318. The first kappa shape index (κ1) is 9.91. The zero-order chi connectivity index (χ0) is 9.97. The molecule has 0 atom stereocenters. The average Bonchev–Trinajstić information content (AvgIpc) is 3.02. The van der Waals surface area contributed by atoms with Crippen molar-refractivity contribution in [2.45, 2.75) is 37.2 Å². The van der Waals surface area contributed by atoms with E-state index in [0.717, 1.165) is 12.2 Å². The fourth-order valence-electron chi connectivity index (χ4n) is 1.44. The van der Waals surface area contributed by atoms with Gasteiger partial charge in [-0.3, -0.25) is 0 Å². The second-order valence-corrected chi connectivity index (χ2v) is 4.52. The van der Waals surface area contributed by atoms with Crippen LogP contribution in [0.5, 0.6) is 5.75 Å². The van der Waals surface area contributed by atoms with Crippen LogP contribution in [0, 0.1) is 0 Å². The van der Waals surface area contributed by atoms with Gasteiger partial charge in [0.2, 0.25) is 0 Å². The lowest BCUT2D eigenvalue weighted by Gasteiger charge is -2.10. The number of hydrogen-bond acceptors (Lipinski definition) is 2. The molecular weight excluding hydrogens is 192 g/mol. The molecule has 0 radical (unpaired) electrons. The molecule has 76 valence electrons. The van der Waals surface area contributed by atoms with Crippen LogP contribution in [-0.4, -0.2) is 12.4 Å². The molecular formula is C12H16OS. The van der Waals surface area contributed by atoms with Gasteiger partial charge in [-0.15, -0.1) is 11.8 Å². The Labute approximate surface area is 89.9 Å². The Kier molecular flexibility index (Phi) is 3.02. The van der Waals surface area contributed by atoms with Crippen LogP contribution < -0.4 is 4.74 Å². The van der Waals surface area contributed by atoms with Gasteiger partial charge in [-0.25, -0.2) is 0 Å². The highest BCUT2D eigenvalue weighted by molar-refractivity contribution is 7.98. The standard InChI is InChI=1S/C12H16OS/c1-3-9-8-11(14-2)6-7-12(9)13-10-4-5-10/h6-8,10H,3-5H2,1-2H3. The first-order valence-corrected chi connectivity index (χ1v) is 6.39. The molecule has 0 unspecified atom stereocenters. The molecule has 2 rings (SSSR count). The Morgan fingerprint density at radius 1 is 1.43 bits per heavy atom. The first-order chi connectivity index (χ1) is 6.83. The van der Waals surface area contributed by atoms with Crippen LogP contribution in [0.1, 0.15) is 25.3 Å². The maximum atomic E-state index is 5.84. The zero-order valence-corrected chi connectivity index (χ0v) is 9.56. The van der Waals surface area contributed by atoms with Crippen molar-refractivity contribution in [3.63, 3.8) is 0 Å². The molecule has 1 aromatic carbocycles. The van der Waals surface area contributed by atoms with Crippen LogP contribution >= 0.6 is 11.8 Å². The fourth-order valence-corrected chi connectivity index (χ4v) is 1.90. The highest BCUT2D eigenvalue weighted by Gasteiger charge is 2.24. The molecule has 1 saturated carbocycles. The van der Waals surface area contributed by atoms with Gasteiger partial charge >= 0.3 is 0 Å². The highest BCUT2D eigenvalue weighted by Crippen LogP contribution is 2.31. The summed E-state index contributed by atoms with van der Waals surface area (Å²) in [7, 11) is 0. The van der Waals surface area contributed by atoms with Crippen LogP contribution in [0.2, 0.25) is 0 Å². The predicted octanol–water partition coefficient (Wildman–Crippen LogP) is 3.51. The van der Waals surface area contributed by atoms with Crippen molar-refractivity contribution < 1.29 is 4.74 Å². The minimum Gasteiger partial charge on any atom is -0.490 e. The van der Waals surface area contributed by atoms with E-state index in [2.05, 4.69) is 31.4 Å². The van der Waals surface area contributed by atoms with Crippen LogP contribution in [-0.2, 0) is 6.42 Å². The van der Waals surface area contributed by atoms with Gasteiger partial charge in [0.25, 0.3) is 0 Å². The number of hydrogen-bond donors (Lipinski definition) is 0. The maximum Gasteiger partial charge on any atom is 0.122 e. The van der Waals surface area contributed by atoms with E-state index in [-0.39, 0.29) is 0 Å². The molecule has 1 aromatic rings. The molecule has 0 spiro atoms. The lowest BCUT2D eigenvalue weighted by atomic mass is 10.1. The van der Waals surface area contributed by atoms with Crippen LogP contribution in [0.4, 0.5) is 0 Å². The number of aryl methyl sites for hydroxylation is 1. The molecule has 0 N–H and O–H groups in total. The van der Waals surface area contributed by atoms with Crippen LogP contribution in [0.3, 0.4) is 0 Å². The topological polar surface area (TPSA) is 9.23 Å². The van der Waals surface area contributed by atoms with E-state index in [0.29, 0.717) is 6.10 Å². The molecule has 0 aromatic heterocycles. The summed E-state index contributed by atoms with van der Waals surface area (Å²) in [5, 5.41) is 0. The lowest BCUT2D eigenvalue weighted by molar-refractivity contribution is 0.300. The molecule has 0 saturated heterocycles. The number of thioether (sulfide) groups is 1. The Morgan fingerprint density at radius 2 is 2.21 bits per heavy atom. The SMILES string of the molecule is CCc1cc(SC)ccc1OC1CC1. The Balaban J connectivity index is 2.19. The maximum absolute atomic E-state index is 5.84. The van der Waals surface area contributed by atoms with Gasteiger partial charge in [0, 0.05) is 4.90 Å². The van der Waals surface area contributed by atoms with Crippen molar-refractivity contribution in [3.05, 3.63) is 23.8 Å². The molecule has 0 amide bonds.